The van der Waals surface area contributed by atoms with E-state index in [2.05, 4.69) is 50.7 Å². The number of fused-ring (bicyclic) bond motifs is 3. The van der Waals surface area contributed by atoms with Gasteiger partial charge in [0.15, 0.2) is 0 Å². The minimum absolute atomic E-state index is 0.905. The third-order valence-corrected chi connectivity index (χ3v) is 4.20. The van der Waals surface area contributed by atoms with Gasteiger partial charge in [-0.15, -0.1) is 0 Å². The zero-order valence-electron chi connectivity index (χ0n) is 12.0. The van der Waals surface area contributed by atoms with Crippen molar-refractivity contribution in [2.24, 2.45) is 0 Å². The molecule has 2 heterocycles. The van der Waals surface area contributed by atoms with Crippen LogP contribution in [-0.2, 0) is 6.54 Å². The number of para-hydroxylation sites is 2. The van der Waals surface area contributed by atoms with Crippen LogP contribution in [0.4, 0.5) is 0 Å². The first-order valence-corrected chi connectivity index (χ1v) is 8.05. The van der Waals surface area contributed by atoms with Crippen molar-refractivity contribution in [3.05, 3.63) is 30.1 Å². The molecule has 1 aromatic carbocycles. The number of rotatable bonds is 6. The highest BCUT2D eigenvalue weighted by molar-refractivity contribution is 7.11. The molecule has 0 aliphatic carbocycles. The van der Waals surface area contributed by atoms with Crippen LogP contribution in [0.1, 0.15) is 32.5 Å². The van der Waals surface area contributed by atoms with E-state index in [4.69, 9.17) is 0 Å². The molecular weight excluding hydrogens is 268 g/mol. The van der Waals surface area contributed by atoms with Gasteiger partial charge in [-0.3, -0.25) is 9.30 Å². The predicted octanol–water partition coefficient (Wildman–Crippen LogP) is 3.57. The largest absolute Gasteiger partial charge is 0.296 e. The van der Waals surface area contributed by atoms with E-state index >= 15 is 0 Å². The Labute approximate surface area is 123 Å². The van der Waals surface area contributed by atoms with Gasteiger partial charge in [-0.25, -0.2) is 4.98 Å². The highest BCUT2D eigenvalue weighted by Crippen LogP contribution is 2.21. The summed E-state index contributed by atoms with van der Waals surface area (Å²) in [5, 5.41) is 0. The SMILES string of the molecule is CCCN(CCC)Cc1nsc2nc3ccccc3n12. The van der Waals surface area contributed by atoms with E-state index in [0.717, 1.165) is 35.9 Å². The minimum Gasteiger partial charge on any atom is -0.296 e. The Balaban J connectivity index is 1.98. The Morgan fingerprint density at radius 1 is 1.15 bits per heavy atom. The normalized spacial score (nSPS) is 11.9. The van der Waals surface area contributed by atoms with Crippen molar-refractivity contribution in [1.29, 1.82) is 0 Å². The summed E-state index contributed by atoms with van der Waals surface area (Å²) >= 11 is 1.49. The fourth-order valence-electron chi connectivity index (χ4n) is 2.65. The molecule has 0 spiro atoms. The zero-order valence-corrected chi connectivity index (χ0v) is 12.9. The van der Waals surface area contributed by atoms with Gasteiger partial charge in [-0.2, -0.15) is 4.37 Å². The van der Waals surface area contributed by atoms with Gasteiger partial charge in [-0.1, -0.05) is 26.0 Å². The van der Waals surface area contributed by atoms with Gasteiger partial charge in [-0.05, 0) is 38.1 Å². The van der Waals surface area contributed by atoms with E-state index in [-0.39, 0.29) is 0 Å². The fraction of sp³-hybridized carbons (Fsp3) is 0.467. The number of hydrogen-bond acceptors (Lipinski definition) is 4. The first kappa shape index (κ1) is 13.5. The Hall–Kier alpha value is -1.46. The Bertz CT molecular complexity index is 694. The average molecular weight is 288 g/mol. The molecule has 2 aromatic heterocycles. The van der Waals surface area contributed by atoms with Gasteiger partial charge in [0.05, 0.1) is 17.6 Å². The van der Waals surface area contributed by atoms with Crippen LogP contribution in [-0.4, -0.2) is 31.7 Å². The van der Waals surface area contributed by atoms with E-state index in [9.17, 15) is 0 Å². The fourth-order valence-corrected chi connectivity index (χ4v) is 3.40. The maximum absolute atomic E-state index is 4.64. The van der Waals surface area contributed by atoms with E-state index in [1.807, 2.05) is 6.07 Å². The molecule has 0 amide bonds. The number of imidazole rings is 1. The number of nitrogens with zero attached hydrogens (tertiary/aromatic N) is 4. The first-order valence-electron chi connectivity index (χ1n) is 7.27. The molecule has 3 aromatic rings. The Morgan fingerprint density at radius 3 is 2.65 bits per heavy atom. The summed E-state index contributed by atoms with van der Waals surface area (Å²) in [4.78, 5) is 8.11. The topological polar surface area (TPSA) is 33.4 Å². The van der Waals surface area contributed by atoms with Crippen molar-refractivity contribution in [1.82, 2.24) is 18.7 Å². The van der Waals surface area contributed by atoms with Crippen LogP contribution < -0.4 is 0 Å². The summed E-state index contributed by atoms with van der Waals surface area (Å²) < 4.78 is 6.82. The maximum atomic E-state index is 4.64. The summed E-state index contributed by atoms with van der Waals surface area (Å²) in [7, 11) is 0. The Kier molecular flexibility index (Phi) is 3.98. The van der Waals surface area contributed by atoms with Crippen LogP contribution in [0.5, 0.6) is 0 Å². The predicted molar refractivity (Wildman–Crippen MR) is 84.2 cm³/mol. The molecule has 0 radical (unpaired) electrons. The maximum Gasteiger partial charge on any atom is 0.214 e. The second kappa shape index (κ2) is 5.89. The second-order valence-electron chi connectivity index (χ2n) is 5.09. The van der Waals surface area contributed by atoms with Crippen molar-refractivity contribution in [2.75, 3.05) is 13.1 Å². The molecule has 4 nitrogen and oxygen atoms in total. The number of hydrogen-bond donors (Lipinski definition) is 0. The van der Waals surface area contributed by atoms with Gasteiger partial charge in [0.25, 0.3) is 0 Å². The van der Waals surface area contributed by atoms with Crippen LogP contribution >= 0.6 is 11.5 Å². The molecule has 0 aliphatic rings. The van der Waals surface area contributed by atoms with Crippen molar-refractivity contribution in [3.63, 3.8) is 0 Å². The molecule has 0 bridgehead atoms. The van der Waals surface area contributed by atoms with E-state index in [1.165, 1.54) is 29.9 Å². The summed E-state index contributed by atoms with van der Waals surface area (Å²) in [5.74, 6) is 1.11. The summed E-state index contributed by atoms with van der Waals surface area (Å²) in [6, 6.07) is 8.28. The lowest BCUT2D eigenvalue weighted by atomic mass is 10.3. The number of aromatic nitrogens is 3. The molecule has 5 heteroatoms. The van der Waals surface area contributed by atoms with Crippen molar-refractivity contribution >= 4 is 27.5 Å². The molecule has 106 valence electrons. The van der Waals surface area contributed by atoms with Gasteiger partial charge < -0.3 is 0 Å². The molecule has 0 fully saturated rings. The van der Waals surface area contributed by atoms with E-state index in [0.29, 0.717) is 0 Å². The standard InChI is InChI=1S/C15H20N4S/c1-3-9-18(10-4-2)11-14-17-20-15-16-12-7-5-6-8-13(12)19(14)15/h5-8H,3-4,9-11H2,1-2H3. The molecule has 3 rings (SSSR count). The zero-order chi connectivity index (χ0) is 13.9. The Morgan fingerprint density at radius 2 is 1.90 bits per heavy atom. The van der Waals surface area contributed by atoms with Gasteiger partial charge in [0.2, 0.25) is 4.96 Å². The molecule has 0 saturated heterocycles. The summed E-state index contributed by atoms with van der Waals surface area (Å²) in [6.07, 6.45) is 2.36. The lowest BCUT2D eigenvalue weighted by molar-refractivity contribution is 0.260. The summed E-state index contributed by atoms with van der Waals surface area (Å²) in [5.41, 5.74) is 2.22. The van der Waals surface area contributed by atoms with E-state index < -0.39 is 0 Å². The van der Waals surface area contributed by atoms with Crippen LogP contribution in [0.15, 0.2) is 24.3 Å². The first-order chi connectivity index (χ1) is 9.83. The highest BCUT2D eigenvalue weighted by Gasteiger charge is 2.14. The molecule has 0 saturated carbocycles. The van der Waals surface area contributed by atoms with Gasteiger partial charge in [0, 0.05) is 11.5 Å². The van der Waals surface area contributed by atoms with Gasteiger partial charge in [0.1, 0.15) is 5.82 Å². The third kappa shape index (κ3) is 2.43. The average Bonchev–Trinajstić information content (AvgIpc) is 2.99. The lowest BCUT2D eigenvalue weighted by Gasteiger charge is -2.19. The molecule has 20 heavy (non-hydrogen) atoms. The molecule has 0 atom stereocenters. The molecule has 0 N–H and O–H groups in total. The van der Waals surface area contributed by atoms with Crippen molar-refractivity contribution in [3.8, 4) is 0 Å². The molecule has 0 aliphatic heterocycles. The number of benzene rings is 1. The molecule has 0 unspecified atom stereocenters. The van der Waals surface area contributed by atoms with Crippen molar-refractivity contribution in [2.45, 2.75) is 33.2 Å². The van der Waals surface area contributed by atoms with Crippen LogP contribution in [0, 0.1) is 0 Å². The quantitative estimate of drug-likeness (QED) is 0.695. The summed E-state index contributed by atoms with van der Waals surface area (Å²) in [6.45, 7) is 7.61. The molecular formula is C15H20N4S. The van der Waals surface area contributed by atoms with Crippen LogP contribution in [0.2, 0.25) is 0 Å². The monoisotopic (exact) mass is 288 g/mol. The highest BCUT2D eigenvalue weighted by atomic mass is 32.1. The van der Waals surface area contributed by atoms with Crippen molar-refractivity contribution < 1.29 is 0 Å². The minimum atomic E-state index is 0.905. The van der Waals surface area contributed by atoms with Crippen LogP contribution in [0.3, 0.4) is 0 Å². The third-order valence-electron chi connectivity index (χ3n) is 3.47. The lowest BCUT2D eigenvalue weighted by Crippen LogP contribution is -2.25. The van der Waals surface area contributed by atoms with Gasteiger partial charge >= 0.3 is 0 Å². The second-order valence-corrected chi connectivity index (χ2v) is 5.82. The van der Waals surface area contributed by atoms with Crippen LogP contribution in [0.25, 0.3) is 16.0 Å². The van der Waals surface area contributed by atoms with E-state index in [1.54, 1.807) is 0 Å². The smallest absolute Gasteiger partial charge is 0.214 e.